The molecule has 5 N–H and O–H groups in total. The van der Waals surface area contributed by atoms with E-state index in [0.717, 1.165) is 31.9 Å². The maximum absolute atomic E-state index is 11.9. The number of nitrogens with two attached hydrogens (primary N) is 2. The molecule has 0 aliphatic carbocycles. The van der Waals surface area contributed by atoms with E-state index in [1.54, 1.807) is 30.3 Å². The van der Waals surface area contributed by atoms with E-state index >= 15 is 0 Å². The third-order valence-electron chi connectivity index (χ3n) is 5.29. The summed E-state index contributed by atoms with van der Waals surface area (Å²) in [7, 11) is 2.08. The zero-order valence-electron chi connectivity index (χ0n) is 18.2. The van der Waals surface area contributed by atoms with Crippen LogP contribution in [0.5, 0.6) is 11.6 Å². The Morgan fingerprint density at radius 1 is 1.18 bits per heavy atom. The highest BCUT2D eigenvalue weighted by Gasteiger charge is 2.19. The molecule has 1 aliphatic heterocycles. The molecule has 1 aromatic heterocycles. The highest BCUT2D eigenvalue weighted by molar-refractivity contribution is 5.96. The minimum absolute atomic E-state index is 0.0448. The first-order valence-corrected chi connectivity index (χ1v) is 10.4. The number of likely N-dealkylation sites (N-methyl/N-ethyl adjacent to an activating group) is 1. The average Bonchev–Trinajstić information content (AvgIpc) is 2.79. The molecule has 10 heteroatoms. The van der Waals surface area contributed by atoms with Crippen molar-refractivity contribution in [2.45, 2.75) is 0 Å². The smallest absolute Gasteiger partial charge is 0.271 e. The Kier molecular flexibility index (Phi) is 6.24. The fourth-order valence-electron chi connectivity index (χ4n) is 3.55. The summed E-state index contributed by atoms with van der Waals surface area (Å²) in [6.07, 6.45) is 1.31. The minimum atomic E-state index is -0.741. The number of nitrogen functional groups attached to an aromatic ring is 1. The van der Waals surface area contributed by atoms with Crippen LogP contribution in [0.15, 0.2) is 48.7 Å². The van der Waals surface area contributed by atoms with E-state index in [2.05, 4.69) is 38.2 Å². The number of carbonyl (C=O) groups excluding carboxylic acids is 1. The first kappa shape index (κ1) is 21.9. The molecule has 33 heavy (non-hydrogen) atoms. The van der Waals surface area contributed by atoms with Gasteiger partial charge in [-0.25, -0.2) is 4.98 Å². The number of nitrogens with zero attached hydrogens (tertiary/aromatic N) is 5. The van der Waals surface area contributed by atoms with Crippen LogP contribution in [0, 0.1) is 11.3 Å². The van der Waals surface area contributed by atoms with Gasteiger partial charge in [-0.15, -0.1) is 0 Å². The number of benzene rings is 2. The number of piperazine rings is 1. The molecule has 0 atom stereocenters. The second kappa shape index (κ2) is 9.42. The summed E-state index contributed by atoms with van der Waals surface area (Å²) in [6, 6.07) is 14.5. The summed E-state index contributed by atoms with van der Waals surface area (Å²) in [5.41, 5.74) is 13.7. The van der Waals surface area contributed by atoms with Crippen LogP contribution in [-0.4, -0.2) is 54.0 Å². The standard InChI is InChI=1S/C23H24N8O2/c1-30-7-9-31(10-8-30)19-6-5-17(11-15(19)13-24)28-23-21(22(26)32)27-14-20(29-23)33-18-4-2-3-16(25)12-18/h2-6,11-12,14H,7-10,25H2,1H3,(H2,26,32)(H,28,29). The van der Waals surface area contributed by atoms with Crippen LogP contribution in [0.1, 0.15) is 16.1 Å². The first-order valence-electron chi connectivity index (χ1n) is 10.4. The summed E-state index contributed by atoms with van der Waals surface area (Å²) in [5.74, 6) is 0.0169. The third-order valence-corrected chi connectivity index (χ3v) is 5.29. The van der Waals surface area contributed by atoms with Gasteiger partial charge in [-0.3, -0.25) is 4.79 Å². The van der Waals surface area contributed by atoms with Crippen molar-refractivity contribution in [3.8, 4) is 17.7 Å². The molecule has 0 bridgehead atoms. The lowest BCUT2D eigenvalue weighted by Crippen LogP contribution is -2.44. The zero-order chi connectivity index (χ0) is 23.4. The highest BCUT2D eigenvalue weighted by atomic mass is 16.5. The number of nitrogens with one attached hydrogen (secondary N) is 1. The molecule has 1 aliphatic rings. The van der Waals surface area contributed by atoms with Crippen molar-refractivity contribution < 1.29 is 9.53 Å². The summed E-state index contributed by atoms with van der Waals surface area (Å²) in [4.78, 5) is 24.8. The van der Waals surface area contributed by atoms with Crippen LogP contribution < -0.4 is 26.4 Å². The van der Waals surface area contributed by atoms with Crippen LogP contribution in [0.2, 0.25) is 0 Å². The number of carbonyl (C=O) groups is 1. The SMILES string of the molecule is CN1CCN(c2ccc(Nc3nc(Oc4cccc(N)c4)cnc3C(N)=O)cc2C#N)CC1. The summed E-state index contributed by atoms with van der Waals surface area (Å²) in [6.45, 7) is 3.56. The van der Waals surface area contributed by atoms with Gasteiger partial charge < -0.3 is 31.3 Å². The fraction of sp³-hybridized carbons (Fsp3) is 0.217. The van der Waals surface area contributed by atoms with Gasteiger partial charge in [0.15, 0.2) is 11.5 Å². The number of aromatic nitrogens is 2. The average molecular weight is 444 g/mol. The van der Waals surface area contributed by atoms with Gasteiger partial charge in [0.2, 0.25) is 5.88 Å². The number of hydrogen-bond acceptors (Lipinski definition) is 9. The highest BCUT2D eigenvalue weighted by Crippen LogP contribution is 2.28. The molecule has 1 fully saturated rings. The molecule has 0 unspecified atom stereocenters. The molecule has 4 rings (SSSR count). The monoisotopic (exact) mass is 444 g/mol. The number of anilines is 4. The van der Waals surface area contributed by atoms with E-state index in [9.17, 15) is 10.1 Å². The lowest BCUT2D eigenvalue weighted by atomic mass is 10.1. The fourth-order valence-corrected chi connectivity index (χ4v) is 3.55. The maximum Gasteiger partial charge on any atom is 0.271 e. The van der Waals surface area contributed by atoms with Gasteiger partial charge in [0.25, 0.3) is 5.91 Å². The molecule has 0 saturated carbocycles. The second-order valence-corrected chi connectivity index (χ2v) is 7.70. The molecule has 168 valence electrons. The molecule has 2 heterocycles. The number of rotatable bonds is 6. The quantitative estimate of drug-likeness (QED) is 0.487. The first-order chi connectivity index (χ1) is 15.9. The van der Waals surface area contributed by atoms with Gasteiger partial charge in [0, 0.05) is 43.6 Å². The van der Waals surface area contributed by atoms with Crippen LogP contribution >= 0.6 is 0 Å². The van der Waals surface area contributed by atoms with Crippen molar-refractivity contribution >= 4 is 28.8 Å². The second-order valence-electron chi connectivity index (χ2n) is 7.70. The van der Waals surface area contributed by atoms with E-state index in [1.165, 1.54) is 6.20 Å². The van der Waals surface area contributed by atoms with Crippen LogP contribution in [0.25, 0.3) is 0 Å². The van der Waals surface area contributed by atoms with Crippen molar-refractivity contribution in [3.05, 3.63) is 59.9 Å². The van der Waals surface area contributed by atoms with Crippen molar-refractivity contribution in [2.75, 3.05) is 49.2 Å². The molecule has 0 radical (unpaired) electrons. The Bertz CT molecular complexity index is 1220. The zero-order valence-corrected chi connectivity index (χ0v) is 18.2. The van der Waals surface area contributed by atoms with Gasteiger partial charge in [-0.2, -0.15) is 10.2 Å². The molecule has 0 spiro atoms. The van der Waals surface area contributed by atoms with Gasteiger partial charge in [-0.1, -0.05) is 6.07 Å². The van der Waals surface area contributed by atoms with Crippen LogP contribution in [0.4, 0.5) is 22.9 Å². The maximum atomic E-state index is 11.9. The molecule has 1 saturated heterocycles. The van der Waals surface area contributed by atoms with Gasteiger partial charge in [0.05, 0.1) is 17.4 Å². The van der Waals surface area contributed by atoms with E-state index in [-0.39, 0.29) is 17.4 Å². The lowest BCUT2D eigenvalue weighted by Gasteiger charge is -2.34. The molecule has 10 nitrogen and oxygen atoms in total. The minimum Gasteiger partial charge on any atom is -0.437 e. The molecular formula is C23H24N8O2. The number of nitriles is 1. The van der Waals surface area contributed by atoms with Gasteiger partial charge in [-0.05, 0) is 37.4 Å². The van der Waals surface area contributed by atoms with E-state index in [4.69, 9.17) is 16.2 Å². The molecule has 1 amide bonds. The number of primary amides is 1. The van der Waals surface area contributed by atoms with E-state index in [0.29, 0.717) is 22.7 Å². The molecule has 2 aromatic carbocycles. The predicted molar refractivity (Wildman–Crippen MR) is 126 cm³/mol. The van der Waals surface area contributed by atoms with Gasteiger partial charge >= 0.3 is 0 Å². The van der Waals surface area contributed by atoms with Crippen LogP contribution in [0.3, 0.4) is 0 Å². The van der Waals surface area contributed by atoms with Gasteiger partial charge in [0.1, 0.15) is 11.8 Å². The Morgan fingerprint density at radius 2 is 1.97 bits per heavy atom. The number of ether oxygens (including phenoxy) is 1. The Hall–Kier alpha value is -4.36. The molecular weight excluding hydrogens is 420 g/mol. The largest absolute Gasteiger partial charge is 0.437 e. The van der Waals surface area contributed by atoms with Crippen molar-refractivity contribution in [2.24, 2.45) is 5.73 Å². The van der Waals surface area contributed by atoms with Crippen molar-refractivity contribution in [1.29, 1.82) is 5.26 Å². The molecule has 3 aromatic rings. The lowest BCUT2D eigenvalue weighted by molar-refractivity contribution is 0.0996. The normalized spacial score (nSPS) is 13.9. The van der Waals surface area contributed by atoms with E-state index in [1.807, 2.05) is 12.1 Å². The van der Waals surface area contributed by atoms with E-state index < -0.39 is 5.91 Å². The topological polar surface area (TPSA) is 146 Å². The Labute approximate surface area is 191 Å². The summed E-state index contributed by atoms with van der Waals surface area (Å²) >= 11 is 0. The van der Waals surface area contributed by atoms with Crippen molar-refractivity contribution in [3.63, 3.8) is 0 Å². The van der Waals surface area contributed by atoms with Crippen molar-refractivity contribution in [1.82, 2.24) is 14.9 Å². The van der Waals surface area contributed by atoms with Crippen LogP contribution in [-0.2, 0) is 0 Å². The predicted octanol–water partition coefficient (Wildman–Crippen LogP) is 2.32. The number of amides is 1. The third kappa shape index (κ3) is 5.11. The summed E-state index contributed by atoms with van der Waals surface area (Å²) < 4.78 is 5.72. The Morgan fingerprint density at radius 3 is 2.67 bits per heavy atom. The summed E-state index contributed by atoms with van der Waals surface area (Å²) in [5, 5.41) is 12.8. The number of hydrogen-bond donors (Lipinski definition) is 3. The Balaban J connectivity index is 1.60.